The number of halogens is 3. The van der Waals surface area contributed by atoms with Gasteiger partial charge in [-0.2, -0.15) is 13.2 Å². The number of alkyl halides is 3. The van der Waals surface area contributed by atoms with Gasteiger partial charge in [-0.05, 0) is 6.92 Å². The van der Waals surface area contributed by atoms with Gasteiger partial charge in [-0.1, -0.05) is 5.16 Å². The Morgan fingerprint density at radius 2 is 2.04 bits per heavy atom. The van der Waals surface area contributed by atoms with Crippen molar-refractivity contribution in [3.63, 3.8) is 0 Å². The largest absolute Gasteiger partial charge is 0.393 e. The van der Waals surface area contributed by atoms with Crippen molar-refractivity contribution in [2.24, 2.45) is 11.8 Å². The lowest BCUT2D eigenvalue weighted by Gasteiger charge is -2.31. The van der Waals surface area contributed by atoms with E-state index in [-0.39, 0.29) is 19.6 Å². The number of rotatable bonds is 3. The highest BCUT2D eigenvalue weighted by Gasteiger charge is 2.53. The highest BCUT2D eigenvalue weighted by atomic mass is 19.4. The average Bonchev–Trinajstić information content (AvgIpc) is 3.14. The van der Waals surface area contributed by atoms with Crippen molar-refractivity contribution >= 4 is 5.91 Å². The van der Waals surface area contributed by atoms with Gasteiger partial charge in [-0.25, -0.2) is 0 Å². The molecule has 6 nitrogen and oxygen atoms in total. The van der Waals surface area contributed by atoms with Gasteiger partial charge in [0.05, 0.1) is 30.7 Å². The first-order valence-electron chi connectivity index (χ1n) is 7.92. The van der Waals surface area contributed by atoms with E-state index in [1.165, 1.54) is 4.90 Å². The van der Waals surface area contributed by atoms with Crippen molar-refractivity contribution in [2.75, 3.05) is 39.4 Å². The van der Waals surface area contributed by atoms with Crippen molar-refractivity contribution in [1.29, 1.82) is 0 Å². The van der Waals surface area contributed by atoms with Crippen LogP contribution < -0.4 is 0 Å². The zero-order valence-corrected chi connectivity index (χ0v) is 13.4. The molecule has 2 atom stereocenters. The second kappa shape index (κ2) is 6.72. The first kappa shape index (κ1) is 17.2. The molecule has 1 amide bonds. The molecule has 0 aromatic carbocycles. The van der Waals surface area contributed by atoms with E-state index in [9.17, 15) is 18.0 Å². The third-order valence-corrected chi connectivity index (χ3v) is 4.52. The van der Waals surface area contributed by atoms with Crippen LogP contribution in [0.2, 0.25) is 0 Å². The molecule has 2 aliphatic heterocycles. The Morgan fingerprint density at radius 1 is 1.33 bits per heavy atom. The maximum atomic E-state index is 13.4. The number of hydrogen-bond acceptors (Lipinski definition) is 5. The molecule has 3 heterocycles. The van der Waals surface area contributed by atoms with E-state index >= 15 is 0 Å². The van der Waals surface area contributed by atoms with Gasteiger partial charge in [-0.3, -0.25) is 9.69 Å². The summed E-state index contributed by atoms with van der Waals surface area (Å²) < 4.78 is 50.3. The van der Waals surface area contributed by atoms with Crippen LogP contribution >= 0.6 is 0 Å². The van der Waals surface area contributed by atoms with Crippen LogP contribution in [0.15, 0.2) is 10.6 Å². The lowest BCUT2D eigenvalue weighted by Crippen LogP contribution is -2.47. The number of aryl methyl sites for hydroxylation is 1. The molecule has 3 rings (SSSR count). The highest BCUT2D eigenvalue weighted by molar-refractivity contribution is 5.80. The second-order valence-electron chi connectivity index (χ2n) is 6.32. The van der Waals surface area contributed by atoms with E-state index in [1.54, 1.807) is 17.9 Å². The van der Waals surface area contributed by atoms with Crippen LogP contribution in [0.25, 0.3) is 0 Å². The zero-order chi connectivity index (χ0) is 17.3. The zero-order valence-electron chi connectivity index (χ0n) is 13.4. The molecule has 0 unspecified atom stereocenters. The van der Waals surface area contributed by atoms with Gasteiger partial charge < -0.3 is 14.2 Å². The Balaban J connectivity index is 1.71. The van der Waals surface area contributed by atoms with E-state index in [4.69, 9.17) is 9.26 Å². The molecule has 1 aromatic rings. The second-order valence-corrected chi connectivity index (χ2v) is 6.32. The predicted molar refractivity (Wildman–Crippen MR) is 77.0 cm³/mol. The summed E-state index contributed by atoms with van der Waals surface area (Å²) in [5.41, 5.74) is 0.577. The molecular weight excluding hydrogens is 327 g/mol. The van der Waals surface area contributed by atoms with Gasteiger partial charge in [0.1, 0.15) is 5.76 Å². The summed E-state index contributed by atoms with van der Waals surface area (Å²) in [5.74, 6) is -2.55. The number of amides is 1. The fourth-order valence-corrected chi connectivity index (χ4v) is 3.34. The van der Waals surface area contributed by atoms with E-state index in [2.05, 4.69) is 5.16 Å². The van der Waals surface area contributed by atoms with Crippen LogP contribution in [0, 0.1) is 18.8 Å². The molecule has 2 saturated heterocycles. The van der Waals surface area contributed by atoms with Gasteiger partial charge in [0.15, 0.2) is 0 Å². The molecule has 9 heteroatoms. The SMILES string of the molecule is Cc1cc(CN2C[C@H](C(=O)N3CCOCC3)[C@@H](C(F)(F)F)C2)no1. The molecule has 0 aliphatic carbocycles. The monoisotopic (exact) mass is 347 g/mol. The molecule has 0 bridgehead atoms. The number of ether oxygens (including phenoxy) is 1. The topological polar surface area (TPSA) is 58.8 Å². The molecule has 134 valence electrons. The maximum absolute atomic E-state index is 13.4. The number of hydrogen-bond donors (Lipinski definition) is 0. The highest BCUT2D eigenvalue weighted by Crippen LogP contribution is 2.39. The number of nitrogens with zero attached hydrogens (tertiary/aromatic N) is 3. The van der Waals surface area contributed by atoms with Crippen molar-refractivity contribution in [1.82, 2.24) is 15.0 Å². The minimum Gasteiger partial charge on any atom is -0.378 e. The van der Waals surface area contributed by atoms with E-state index in [0.29, 0.717) is 37.8 Å². The fraction of sp³-hybridized carbons (Fsp3) is 0.733. The lowest BCUT2D eigenvalue weighted by molar-refractivity contribution is -0.186. The van der Waals surface area contributed by atoms with Crippen LogP contribution in [0.4, 0.5) is 13.2 Å². The van der Waals surface area contributed by atoms with Crippen molar-refractivity contribution < 1.29 is 27.2 Å². The summed E-state index contributed by atoms with van der Waals surface area (Å²) in [5, 5.41) is 3.82. The van der Waals surface area contributed by atoms with Crippen molar-refractivity contribution in [2.45, 2.75) is 19.6 Å². The van der Waals surface area contributed by atoms with Crippen LogP contribution in [0.3, 0.4) is 0 Å². The normalized spacial score (nSPS) is 26.1. The molecule has 0 N–H and O–H groups in total. The van der Waals surface area contributed by atoms with Gasteiger partial charge in [0.2, 0.25) is 5.91 Å². The van der Waals surface area contributed by atoms with E-state index in [0.717, 1.165) is 0 Å². The predicted octanol–water partition coefficient (Wildman–Crippen LogP) is 1.45. The van der Waals surface area contributed by atoms with E-state index in [1.807, 2.05) is 0 Å². The average molecular weight is 347 g/mol. The van der Waals surface area contributed by atoms with Gasteiger partial charge in [-0.15, -0.1) is 0 Å². The molecule has 0 radical (unpaired) electrons. The summed E-state index contributed by atoms with van der Waals surface area (Å²) in [6.45, 7) is 3.29. The third kappa shape index (κ3) is 3.72. The summed E-state index contributed by atoms with van der Waals surface area (Å²) in [4.78, 5) is 15.7. The lowest BCUT2D eigenvalue weighted by atomic mass is 9.94. The van der Waals surface area contributed by atoms with Crippen molar-refractivity contribution in [3.8, 4) is 0 Å². The van der Waals surface area contributed by atoms with Gasteiger partial charge in [0.25, 0.3) is 0 Å². The third-order valence-electron chi connectivity index (χ3n) is 4.52. The van der Waals surface area contributed by atoms with Gasteiger partial charge in [0, 0.05) is 38.8 Å². The summed E-state index contributed by atoms with van der Waals surface area (Å²) >= 11 is 0. The Kier molecular flexibility index (Phi) is 4.82. The standard InChI is InChI=1S/C15H20F3N3O3/c1-10-6-11(19-24-10)7-20-8-12(13(9-20)15(16,17)18)14(22)21-2-4-23-5-3-21/h6,12-13H,2-5,7-9H2,1H3/t12-,13-/m0/s1. The first-order chi connectivity index (χ1) is 11.3. The van der Waals surface area contributed by atoms with Gasteiger partial charge >= 0.3 is 6.18 Å². The maximum Gasteiger partial charge on any atom is 0.393 e. The first-order valence-corrected chi connectivity index (χ1v) is 7.92. The Hall–Kier alpha value is -1.61. The molecule has 1 aromatic heterocycles. The van der Waals surface area contributed by atoms with Crippen LogP contribution in [-0.4, -0.2) is 66.4 Å². The Morgan fingerprint density at radius 3 is 2.62 bits per heavy atom. The molecule has 24 heavy (non-hydrogen) atoms. The van der Waals surface area contributed by atoms with E-state index < -0.39 is 23.9 Å². The molecule has 2 fully saturated rings. The minimum atomic E-state index is -4.40. The quantitative estimate of drug-likeness (QED) is 0.828. The summed E-state index contributed by atoms with van der Waals surface area (Å²) in [6, 6.07) is 1.69. The number of aromatic nitrogens is 1. The number of morpholine rings is 1. The van der Waals surface area contributed by atoms with Crippen LogP contribution in [0.5, 0.6) is 0 Å². The number of carbonyl (C=O) groups excluding carboxylic acids is 1. The number of carbonyl (C=O) groups is 1. The minimum absolute atomic E-state index is 0.0757. The summed E-state index contributed by atoms with van der Waals surface area (Å²) in [6.07, 6.45) is -4.40. The van der Waals surface area contributed by atoms with Crippen molar-refractivity contribution in [3.05, 3.63) is 17.5 Å². The summed E-state index contributed by atoms with van der Waals surface area (Å²) in [7, 11) is 0. The van der Waals surface area contributed by atoms with Crippen LogP contribution in [0.1, 0.15) is 11.5 Å². The number of likely N-dealkylation sites (tertiary alicyclic amines) is 1. The smallest absolute Gasteiger partial charge is 0.378 e. The molecule has 2 aliphatic rings. The molecular formula is C15H20F3N3O3. The molecule has 0 spiro atoms. The Labute approximate surface area is 137 Å². The Bertz CT molecular complexity index is 584. The fourth-order valence-electron chi connectivity index (χ4n) is 3.34. The van der Waals surface area contributed by atoms with Crippen LogP contribution in [-0.2, 0) is 16.1 Å². The molecule has 0 saturated carbocycles.